The highest BCUT2D eigenvalue weighted by Gasteiger charge is 2.21. The Balaban J connectivity index is 2.76. The van der Waals surface area contributed by atoms with Crippen LogP contribution in [0.5, 0.6) is 0 Å². The first-order valence-corrected chi connectivity index (χ1v) is 8.69. The molecular formula is C14H25N3O4S. The monoisotopic (exact) mass is 331 g/mol. The average Bonchev–Trinajstić information content (AvgIpc) is 2.76. The third-order valence-electron chi connectivity index (χ3n) is 3.50. The van der Waals surface area contributed by atoms with Crippen LogP contribution >= 0.6 is 0 Å². The van der Waals surface area contributed by atoms with E-state index in [1.807, 2.05) is 0 Å². The first-order chi connectivity index (χ1) is 10.1. The number of nitrogens with one attached hydrogen (secondary N) is 1. The molecular weight excluding hydrogens is 306 g/mol. The van der Waals surface area contributed by atoms with Gasteiger partial charge >= 0.3 is 5.97 Å². The molecule has 0 aliphatic carbocycles. The normalized spacial score (nSPS) is 12.5. The van der Waals surface area contributed by atoms with Gasteiger partial charge in [0, 0.05) is 38.4 Å². The van der Waals surface area contributed by atoms with Gasteiger partial charge in [-0.3, -0.25) is 4.90 Å². The summed E-state index contributed by atoms with van der Waals surface area (Å²) in [5.41, 5.74) is -0.0636. The second-order valence-corrected chi connectivity index (χ2v) is 7.57. The first-order valence-electron chi connectivity index (χ1n) is 7.21. The van der Waals surface area contributed by atoms with Gasteiger partial charge in [0.2, 0.25) is 10.0 Å². The maximum atomic E-state index is 12.2. The second-order valence-electron chi connectivity index (χ2n) is 5.80. The molecule has 0 saturated heterocycles. The van der Waals surface area contributed by atoms with Crippen LogP contribution in [0.25, 0.3) is 0 Å². The number of aromatic nitrogens is 1. The minimum atomic E-state index is -3.70. The van der Waals surface area contributed by atoms with E-state index in [4.69, 9.17) is 5.11 Å². The summed E-state index contributed by atoms with van der Waals surface area (Å²) in [4.78, 5) is 13.1. The molecule has 1 aromatic heterocycles. The number of hydrogen-bond donors (Lipinski definition) is 2. The van der Waals surface area contributed by atoms with Crippen LogP contribution in [0.15, 0.2) is 17.2 Å². The number of nitrogens with zero attached hydrogens (tertiary/aromatic N) is 2. The fraction of sp³-hybridized carbons (Fsp3) is 0.643. The van der Waals surface area contributed by atoms with E-state index in [2.05, 4.69) is 37.3 Å². The van der Waals surface area contributed by atoms with Gasteiger partial charge in [0.1, 0.15) is 10.6 Å². The molecule has 0 aliphatic rings. The number of carboxylic acid groups (broad SMARTS) is 1. The zero-order valence-electron chi connectivity index (χ0n) is 13.7. The van der Waals surface area contributed by atoms with Crippen molar-refractivity contribution in [2.75, 3.05) is 13.1 Å². The number of carboxylic acids is 1. The Labute approximate surface area is 132 Å². The van der Waals surface area contributed by atoms with Crippen LogP contribution in [0.2, 0.25) is 0 Å². The maximum Gasteiger partial charge on any atom is 0.352 e. The molecule has 1 rings (SSSR count). The van der Waals surface area contributed by atoms with Gasteiger partial charge in [-0.25, -0.2) is 17.9 Å². The third kappa shape index (κ3) is 4.56. The van der Waals surface area contributed by atoms with E-state index >= 15 is 0 Å². The quantitative estimate of drug-likeness (QED) is 0.745. The largest absolute Gasteiger partial charge is 0.477 e. The standard InChI is InChI=1S/C14H25N3O4S/c1-10(2)17(11(3)4)7-6-15-22(20,21)12-8-13(14(18)19)16(5)9-12/h8-11,15H,6-7H2,1-5H3,(H,18,19). The van der Waals surface area contributed by atoms with Gasteiger partial charge < -0.3 is 9.67 Å². The molecule has 0 saturated carbocycles. The fourth-order valence-electron chi connectivity index (χ4n) is 2.40. The molecule has 1 aromatic rings. The summed E-state index contributed by atoms with van der Waals surface area (Å²) >= 11 is 0. The Kier molecular flexibility index (Phi) is 6.16. The third-order valence-corrected chi connectivity index (χ3v) is 4.93. The van der Waals surface area contributed by atoms with Crippen molar-refractivity contribution >= 4 is 16.0 Å². The van der Waals surface area contributed by atoms with Crippen LogP contribution < -0.4 is 4.72 Å². The van der Waals surface area contributed by atoms with Crippen LogP contribution in [0, 0.1) is 0 Å². The number of carbonyl (C=O) groups is 1. The van der Waals surface area contributed by atoms with Crippen molar-refractivity contribution in [1.82, 2.24) is 14.2 Å². The van der Waals surface area contributed by atoms with Gasteiger partial charge in [0.15, 0.2) is 0 Å². The van der Waals surface area contributed by atoms with Gasteiger partial charge in [0.05, 0.1) is 0 Å². The van der Waals surface area contributed by atoms with Crippen molar-refractivity contribution in [3.8, 4) is 0 Å². The molecule has 0 spiro atoms. The smallest absolute Gasteiger partial charge is 0.352 e. The lowest BCUT2D eigenvalue weighted by Gasteiger charge is -2.30. The molecule has 22 heavy (non-hydrogen) atoms. The summed E-state index contributed by atoms with van der Waals surface area (Å²) in [5.74, 6) is -1.16. The van der Waals surface area contributed by atoms with Crippen LogP contribution in [0.4, 0.5) is 0 Å². The van der Waals surface area contributed by atoms with Crippen molar-refractivity contribution < 1.29 is 18.3 Å². The molecule has 7 nitrogen and oxygen atoms in total. The zero-order chi connectivity index (χ0) is 17.1. The van der Waals surface area contributed by atoms with E-state index in [-0.39, 0.29) is 17.1 Å². The molecule has 0 aromatic carbocycles. The summed E-state index contributed by atoms with van der Waals surface area (Å²) in [6, 6.07) is 1.80. The minimum absolute atomic E-state index is 0.0342. The van der Waals surface area contributed by atoms with Crippen LogP contribution in [-0.2, 0) is 17.1 Å². The van der Waals surface area contributed by atoms with E-state index in [9.17, 15) is 13.2 Å². The Bertz CT molecular complexity index is 612. The topological polar surface area (TPSA) is 91.6 Å². The second kappa shape index (κ2) is 7.26. The summed E-state index contributed by atoms with van der Waals surface area (Å²) in [6.45, 7) is 9.11. The highest BCUT2D eigenvalue weighted by Crippen LogP contribution is 2.13. The molecule has 0 fully saturated rings. The van der Waals surface area contributed by atoms with Gasteiger partial charge in [-0.05, 0) is 33.8 Å². The predicted octanol–water partition coefficient (Wildman–Crippen LogP) is 1.12. The molecule has 0 atom stereocenters. The number of rotatable bonds is 8. The Morgan fingerprint density at radius 2 is 1.86 bits per heavy atom. The van der Waals surface area contributed by atoms with Crippen LogP contribution in [-0.4, -0.2) is 54.1 Å². The fourth-order valence-corrected chi connectivity index (χ4v) is 3.49. The SMILES string of the molecule is CC(C)N(CCNS(=O)(=O)c1cc(C(=O)O)n(C)c1)C(C)C. The van der Waals surface area contributed by atoms with Crippen molar-refractivity contribution in [2.45, 2.75) is 44.7 Å². The number of aromatic carboxylic acids is 1. The number of hydrogen-bond acceptors (Lipinski definition) is 4. The Morgan fingerprint density at radius 3 is 2.27 bits per heavy atom. The summed E-state index contributed by atoms with van der Waals surface area (Å²) < 4.78 is 28.2. The molecule has 0 radical (unpaired) electrons. The van der Waals surface area contributed by atoms with E-state index in [0.717, 1.165) is 6.07 Å². The van der Waals surface area contributed by atoms with E-state index < -0.39 is 16.0 Å². The van der Waals surface area contributed by atoms with Gasteiger partial charge in [-0.15, -0.1) is 0 Å². The number of sulfonamides is 1. The minimum Gasteiger partial charge on any atom is -0.477 e. The lowest BCUT2D eigenvalue weighted by Crippen LogP contribution is -2.42. The highest BCUT2D eigenvalue weighted by atomic mass is 32.2. The maximum absolute atomic E-state index is 12.2. The summed E-state index contributed by atoms with van der Waals surface area (Å²) in [6.07, 6.45) is 1.30. The lowest BCUT2D eigenvalue weighted by atomic mass is 10.2. The highest BCUT2D eigenvalue weighted by molar-refractivity contribution is 7.89. The first kappa shape index (κ1) is 18.7. The molecule has 0 unspecified atom stereocenters. The summed E-state index contributed by atoms with van der Waals surface area (Å²) in [5, 5.41) is 8.97. The summed E-state index contributed by atoms with van der Waals surface area (Å²) in [7, 11) is -2.20. The molecule has 1 heterocycles. The lowest BCUT2D eigenvalue weighted by molar-refractivity contribution is 0.0686. The van der Waals surface area contributed by atoms with Crippen molar-refractivity contribution in [2.24, 2.45) is 7.05 Å². The Morgan fingerprint density at radius 1 is 1.32 bits per heavy atom. The van der Waals surface area contributed by atoms with Crippen molar-refractivity contribution in [3.63, 3.8) is 0 Å². The zero-order valence-corrected chi connectivity index (χ0v) is 14.5. The average molecular weight is 331 g/mol. The van der Waals surface area contributed by atoms with Gasteiger partial charge in [-0.2, -0.15) is 0 Å². The molecule has 0 aliphatic heterocycles. The molecule has 126 valence electrons. The number of aryl methyl sites for hydroxylation is 1. The van der Waals surface area contributed by atoms with E-state index in [0.29, 0.717) is 18.6 Å². The van der Waals surface area contributed by atoms with E-state index in [1.165, 1.54) is 17.8 Å². The van der Waals surface area contributed by atoms with Gasteiger partial charge in [0.25, 0.3) is 0 Å². The molecule has 2 N–H and O–H groups in total. The van der Waals surface area contributed by atoms with E-state index in [1.54, 1.807) is 0 Å². The predicted molar refractivity (Wildman–Crippen MR) is 84.5 cm³/mol. The van der Waals surface area contributed by atoms with Gasteiger partial charge in [-0.1, -0.05) is 0 Å². The Hall–Kier alpha value is -1.38. The molecule has 0 bridgehead atoms. The molecule has 8 heteroatoms. The van der Waals surface area contributed by atoms with Crippen molar-refractivity contribution in [1.29, 1.82) is 0 Å². The van der Waals surface area contributed by atoms with Crippen LogP contribution in [0.1, 0.15) is 38.2 Å². The molecule has 0 amide bonds. The van der Waals surface area contributed by atoms with Crippen LogP contribution in [0.3, 0.4) is 0 Å². The van der Waals surface area contributed by atoms with Crippen molar-refractivity contribution in [3.05, 3.63) is 18.0 Å².